The highest BCUT2D eigenvalue weighted by Crippen LogP contribution is 2.43. The van der Waals surface area contributed by atoms with Crippen molar-refractivity contribution >= 4 is 14.3 Å². The maximum absolute atomic E-state index is 11.8. The number of esters is 1. The van der Waals surface area contributed by atoms with E-state index in [0.717, 1.165) is 36.8 Å². The number of aliphatic hydroxyl groups is 1. The smallest absolute Gasteiger partial charge is 0.339 e. The molecule has 0 aliphatic carbocycles. The highest BCUT2D eigenvalue weighted by molar-refractivity contribution is 6.74. The summed E-state index contributed by atoms with van der Waals surface area (Å²) in [6.07, 6.45) is 2.99. The number of carbonyl (C=O) groups excluding carboxylic acids is 1. The minimum atomic E-state index is -1.88. The van der Waals surface area contributed by atoms with Crippen molar-refractivity contribution < 1.29 is 19.1 Å². The van der Waals surface area contributed by atoms with E-state index in [0.29, 0.717) is 5.56 Å². The molecule has 3 aromatic rings. The fourth-order valence-corrected chi connectivity index (χ4v) is 7.91. The van der Waals surface area contributed by atoms with Crippen LogP contribution in [0.4, 0.5) is 0 Å². The van der Waals surface area contributed by atoms with Gasteiger partial charge in [0, 0.05) is 5.41 Å². The van der Waals surface area contributed by atoms with Crippen molar-refractivity contribution in [2.24, 2.45) is 5.41 Å². The van der Waals surface area contributed by atoms with Gasteiger partial charge in [0.15, 0.2) is 14.4 Å². The predicted molar refractivity (Wildman–Crippen MR) is 196 cm³/mol. The number of ether oxygens (including phenoxy) is 1. The first-order valence-corrected chi connectivity index (χ1v) is 20.0. The Bertz CT molecular complexity index is 1470. The largest absolute Gasteiger partial charge is 0.467 e. The Morgan fingerprint density at radius 1 is 0.826 bits per heavy atom. The average Bonchev–Trinajstić information content (AvgIpc) is 2.99. The molecule has 0 saturated heterocycles. The Labute approximate surface area is 281 Å². The molecule has 0 saturated carbocycles. The van der Waals surface area contributed by atoms with E-state index in [1.165, 1.54) is 34.9 Å². The summed E-state index contributed by atoms with van der Waals surface area (Å²) in [5, 5.41) is 10.4. The van der Waals surface area contributed by atoms with Crippen LogP contribution in [0.3, 0.4) is 0 Å². The summed E-state index contributed by atoms with van der Waals surface area (Å²) in [4.78, 5) is 11.8. The zero-order valence-corrected chi connectivity index (χ0v) is 31.9. The third kappa shape index (κ3) is 8.21. The molecule has 0 aliphatic heterocycles. The SMILES string of the molecule is CCC(CC)(c1ccc(CCC(O[Si](C)(C)C(C)(C)C)C(C)(C)C)c(C)c1)c1ccc(-c2ccc(C(O)C(=O)OC)cc2)c(C)c1. The Hall–Kier alpha value is -2.73. The van der Waals surface area contributed by atoms with Gasteiger partial charge in [-0.1, -0.05) is 116 Å². The molecule has 0 bridgehead atoms. The summed E-state index contributed by atoms with van der Waals surface area (Å²) in [6, 6.07) is 21.5. The first kappa shape index (κ1) is 37.7. The van der Waals surface area contributed by atoms with Crippen molar-refractivity contribution in [1.29, 1.82) is 0 Å². The van der Waals surface area contributed by atoms with Gasteiger partial charge in [-0.05, 0) is 108 Å². The molecule has 5 heteroatoms. The lowest BCUT2D eigenvalue weighted by atomic mass is 9.69. The van der Waals surface area contributed by atoms with Gasteiger partial charge in [-0.15, -0.1) is 0 Å². The van der Waals surface area contributed by atoms with Gasteiger partial charge in [-0.25, -0.2) is 4.79 Å². The quantitative estimate of drug-likeness (QED) is 0.157. The number of benzene rings is 3. The molecule has 1 N–H and O–H groups in total. The number of carbonyl (C=O) groups is 1. The number of rotatable bonds is 12. The second kappa shape index (κ2) is 14.6. The average molecular weight is 645 g/mol. The zero-order valence-electron chi connectivity index (χ0n) is 30.9. The zero-order chi connectivity index (χ0) is 34.7. The Morgan fingerprint density at radius 2 is 1.37 bits per heavy atom. The van der Waals surface area contributed by atoms with Crippen LogP contribution < -0.4 is 0 Å². The van der Waals surface area contributed by atoms with E-state index in [1.54, 1.807) is 12.1 Å². The number of hydrogen-bond acceptors (Lipinski definition) is 4. The van der Waals surface area contributed by atoms with Crippen LogP contribution in [0.15, 0.2) is 60.7 Å². The standard InChI is InChI=1S/C41H60O4Si/c1-14-41(15-2,34-23-24-35(29(4)27-34)31-16-18-32(19-17-31)37(42)38(43)44-11)33-22-20-30(28(3)26-33)21-25-36(39(5,6)7)45-46(12,13)40(8,9)10/h16-20,22-24,26-27,36-37,42H,14-15,21,25H2,1-13H3. The molecule has 0 spiro atoms. The van der Waals surface area contributed by atoms with Gasteiger partial charge in [-0.2, -0.15) is 0 Å². The van der Waals surface area contributed by atoms with Gasteiger partial charge in [0.1, 0.15) is 0 Å². The maximum Gasteiger partial charge on any atom is 0.339 e. The highest BCUT2D eigenvalue weighted by Gasteiger charge is 2.41. The molecule has 0 fully saturated rings. The summed E-state index contributed by atoms with van der Waals surface area (Å²) < 4.78 is 11.7. The van der Waals surface area contributed by atoms with Crippen LogP contribution in [-0.2, 0) is 25.8 Å². The molecule has 3 rings (SSSR count). The van der Waals surface area contributed by atoms with Crippen LogP contribution in [0.2, 0.25) is 18.1 Å². The van der Waals surface area contributed by atoms with Crippen molar-refractivity contribution in [3.05, 3.63) is 94.0 Å². The van der Waals surface area contributed by atoms with Crippen molar-refractivity contribution in [2.75, 3.05) is 7.11 Å². The molecule has 46 heavy (non-hydrogen) atoms. The lowest BCUT2D eigenvalue weighted by Crippen LogP contribution is -2.47. The maximum atomic E-state index is 11.8. The molecular weight excluding hydrogens is 585 g/mol. The topological polar surface area (TPSA) is 55.8 Å². The minimum absolute atomic E-state index is 0.0827. The fourth-order valence-electron chi connectivity index (χ4n) is 6.37. The fraction of sp³-hybridized carbons (Fsp3) is 0.537. The van der Waals surface area contributed by atoms with Gasteiger partial charge in [0.2, 0.25) is 0 Å². The second-order valence-electron chi connectivity index (χ2n) is 15.8. The van der Waals surface area contributed by atoms with E-state index in [-0.39, 0.29) is 22.0 Å². The van der Waals surface area contributed by atoms with Crippen LogP contribution >= 0.6 is 0 Å². The molecular formula is C41H60O4Si. The number of hydrogen-bond donors (Lipinski definition) is 1. The molecule has 0 aromatic heterocycles. The van der Waals surface area contributed by atoms with Crippen LogP contribution in [0.5, 0.6) is 0 Å². The molecule has 2 atom stereocenters. The molecule has 252 valence electrons. The molecule has 4 nitrogen and oxygen atoms in total. The molecule has 0 amide bonds. The molecule has 2 unspecified atom stereocenters. The highest BCUT2D eigenvalue weighted by atomic mass is 28.4. The molecule has 0 aliphatic rings. The third-order valence-electron chi connectivity index (χ3n) is 10.7. The van der Waals surface area contributed by atoms with Gasteiger partial charge in [-0.3, -0.25) is 0 Å². The first-order valence-electron chi connectivity index (χ1n) is 17.1. The first-order chi connectivity index (χ1) is 21.3. The third-order valence-corrected chi connectivity index (χ3v) is 15.2. The normalized spacial score (nSPS) is 14.2. The van der Waals surface area contributed by atoms with Crippen molar-refractivity contribution in [3.63, 3.8) is 0 Å². The Balaban J connectivity index is 1.88. The lowest BCUT2D eigenvalue weighted by Gasteiger charge is -2.43. The van der Waals surface area contributed by atoms with E-state index < -0.39 is 20.4 Å². The van der Waals surface area contributed by atoms with Gasteiger partial charge in [0.25, 0.3) is 0 Å². The van der Waals surface area contributed by atoms with E-state index in [9.17, 15) is 9.90 Å². The second-order valence-corrected chi connectivity index (χ2v) is 20.5. The van der Waals surface area contributed by atoms with Crippen molar-refractivity contribution in [1.82, 2.24) is 0 Å². The Morgan fingerprint density at radius 3 is 1.83 bits per heavy atom. The van der Waals surface area contributed by atoms with Crippen LogP contribution in [0, 0.1) is 19.3 Å². The van der Waals surface area contributed by atoms with E-state index in [2.05, 4.69) is 123 Å². The molecule has 0 radical (unpaired) electrons. The van der Waals surface area contributed by atoms with Crippen LogP contribution in [0.1, 0.15) is 114 Å². The predicted octanol–water partition coefficient (Wildman–Crippen LogP) is 10.7. The molecule has 3 aromatic carbocycles. The van der Waals surface area contributed by atoms with Gasteiger partial charge >= 0.3 is 5.97 Å². The number of aliphatic hydroxyl groups excluding tert-OH is 1. The van der Waals surface area contributed by atoms with Gasteiger partial charge < -0.3 is 14.3 Å². The summed E-state index contributed by atoms with van der Waals surface area (Å²) in [6.45, 7) is 27.7. The minimum Gasteiger partial charge on any atom is -0.467 e. The van der Waals surface area contributed by atoms with E-state index in [4.69, 9.17) is 4.43 Å². The lowest BCUT2D eigenvalue weighted by molar-refractivity contribution is -0.150. The summed E-state index contributed by atoms with van der Waals surface area (Å²) in [5.41, 5.74) is 9.39. The Kier molecular flexibility index (Phi) is 12.0. The summed E-state index contributed by atoms with van der Waals surface area (Å²) in [7, 11) is -0.601. The summed E-state index contributed by atoms with van der Waals surface area (Å²) in [5.74, 6) is -0.656. The van der Waals surface area contributed by atoms with Gasteiger partial charge in [0.05, 0.1) is 13.2 Å². The van der Waals surface area contributed by atoms with Crippen molar-refractivity contribution in [2.45, 2.75) is 131 Å². The van der Waals surface area contributed by atoms with E-state index in [1.807, 2.05) is 12.1 Å². The number of aryl methyl sites for hydroxylation is 3. The summed E-state index contributed by atoms with van der Waals surface area (Å²) >= 11 is 0. The number of methoxy groups -OCH3 is 1. The van der Waals surface area contributed by atoms with Crippen LogP contribution in [0.25, 0.3) is 11.1 Å². The van der Waals surface area contributed by atoms with Crippen LogP contribution in [-0.4, -0.2) is 32.6 Å². The monoisotopic (exact) mass is 644 g/mol. The van der Waals surface area contributed by atoms with E-state index >= 15 is 0 Å². The molecule has 0 heterocycles. The van der Waals surface area contributed by atoms with Crippen molar-refractivity contribution in [3.8, 4) is 11.1 Å².